The largest absolute Gasteiger partial charge is 0.302 e. The summed E-state index contributed by atoms with van der Waals surface area (Å²) in [7, 11) is 0. The first kappa shape index (κ1) is 10.8. The minimum atomic E-state index is -0.0723. The fraction of sp³-hybridized carbons (Fsp3) is 0.875. The number of carbonyl (C=O) groups excluding carboxylic acids is 1. The van der Waals surface area contributed by atoms with Gasteiger partial charge in [0.25, 0.3) is 0 Å². The van der Waals surface area contributed by atoms with Gasteiger partial charge in [0.15, 0.2) is 0 Å². The van der Waals surface area contributed by atoms with Crippen LogP contribution in [-0.4, -0.2) is 41.9 Å². The molecule has 0 unspecified atom stereocenters. The van der Waals surface area contributed by atoms with E-state index in [2.05, 4.69) is 10.3 Å². The molecule has 1 heterocycles. The topological polar surface area (TPSA) is 58.4 Å². The lowest BCUT2D eigenvalue weighted by atomic mass is 10.3. The highest BCUT2D eigenvalue weighted by molar-refractivity contribution is 7.99. The molecule has 0 radical (unpaired) electrons. The van der Waals surface area contributed by atoms with Crippen molar-refractivity contribution in [1.82, 2.24) is 10.3 Å². The van der Waals surface area contributed by atoms with Gasteiger partial charge in [0.1, 0.15) is 0 Å². The molecule has 1 aliphatic rings. The predicted molar refractivity (Wildman–Crippen MR) is 55.3 cm³/mol. The van der Waals surface area contributed by atoms with Crippen molar-refractivity contribution in [3.8, 4) is 0 Å². The molecule has 0 aromatic rings. The van der Waals surface area contributed by atoms with Crippen LogP contribution in [0.1, 0.15) is 12.8 Å². The molecule has 1 aliphatic heterocycles. The van der Waals surface area contributed by atoms with Crippen LogP contribution >= 0.6 is 11.8 Å². The molecule has 13 heavy (non-hydrogen) atoms. The van der Waals surface area contributed by atoms with E-state index >= 15 is 0 Å². The molecule has 76 valence electrons. The third-order valence-electron chi connectivity index (χ3n) is 2.13. The molecule has 0 aromatic heterocycles. The van der Waals surface area contributed by atoms with Gasteiger partial charge in [-0.25, -0.2) is 5.84 Å². The van der Waals surface area contributed by atoms with E-state index < -0.39 is 0 Å². The zero-order valence-corrected chi connectivity index (χ0v) is 8.61. The smallest absolute Gasteiger partial charge is 0.235 e. The number of carbonyl (C=O) groups is 1. The summed E-state index contributed by atoms with van der Waals surface area (Å²) in [6.45, 7) is 3.05. The molecule has 0 aliphatic carbocycles. The maximum atomic E-state index is 10.9. The van der Waals surface area contributed by atoms with Crippen molar-refractivity contribution < 1.29 is 4.79 Å². The van der Waals surface area contributed by atoms with Crippen LogP contribution < -0.4 is 11.3 Å². The normalized spacial score (nSPS) is 19.5. The molecule has 1 rings (SSSR count). The third kappa shape index (κ3) is 4.50. The molecule has 0 saturated carbocycles. The highest BCUT2D eigenvalue weighted by atomic mass is 32.2. The number of nitrogens with one attached hydrogen (secondary N) is 1. The molecule has 4 nitrogen and oxygen atoms in total. The summed E-state index contributed by atoms with van der Waals surface area (Å²) in [5.74, 6) is 7.36. The van der Waals surface area contributed by atoms with E-state index in [9.17, 15) is 4.79 Å². The second-order valence-corrected chi connectivity index (χ2v) is 4.35. The molecule has 5 heteroatoms. The minimum Gasteiger partial charge on any atom is -0.302 e. The first-order chi connectivity index (χ1) is 6.33. The minimum absolute atomic E-state index is 0.0723. The van der Waals surface area contributed by atoms with Gasteiger partial charge in [-0.2, -0.15) is 11.8 Å². The number of hydrogen-bond donors (Lipinski definition) is 2. The third-order valence-corrected chi connectivity index (χ3v) is 3.18. The van der Waals surface area contributed by atoms with Gasteiger partial charge in [-0.05, 0) is 18.7 Å². The van der Waals surface area contributed by atoms with Gasteiger partial charge in [0.05, 0.1) is 0 Å². The lowest BCUT2D eigenvalue weighted by Gasteiger charge is -2.18. The van der Waals surface area contributed by atoms with E-state index in [4.69, 9.17) is 5.84 Å². The second kappa shape index (κ2) is 6.23. The fourth-order valence-electron chi connectivity index (χ4n) is 1.35. The van der Waals surface area contributed by atoms with Gasteiger partial charge in [0.2, 0.25) is 5.91 Å². The van der Waals surface area contributed by atoms with Gasteiger partial charge >= 0.3 is 0 Å². The van der Waals surface area contributed by atoms with Crippen LogP contribution in [0.2, 0.25) is 0 Å². The predicted octanol–water partition coefficient (Wildman–Crippen LogP) is -0.195. The van der Waals surface area contributed by atoms with Gasteiger partial charge in [-0.15, -0.1) is 0 Å². The van der Waals surface area contributed by atoms with Crippen LogP contribution in [-0.2, 0) is 4.79 Å². The Hall–Kier alpha value is -0.260. The second-order valence-electron chi connectivity index (χ2n) is 3.13. The van der Waals surface area contributed by atoms with Crippen molar-refractivity contribution in [1.29, 1.82) is 0 Å². The highest BCUT2D eigenvalue weighted by Crippen LogP contribution is 2.09. The van der Waals surface area contributed by atoms with Gasteiger partial charge in [-0.1, -0.05) is 0 Å². The summed E-state index contributed by atoms with van der Waals surface area (Å²) in [5.41, 5.74) is 2.15. The lowest BCUT2D eigenvalue weighted by molar-refractivity contribution is -0.121. The summed E-state index contributed by atoms with van der Waals surface area (Å²) >= 11 is 1.99. The average molecular weight is 203 g/mol. The summed E-state index contributed by atoms with van der Waals surface area (Å²) in [6.07, 6.45) is 1.75. The first-order valence-electron chi connectivity index (χ1n) is 4.62. The highest BCUT2D eigenvalue weighted by Gasteiger charge is 2.09. The quantitative estimate of drug-likeness (QED) is 0.379. The monoisotopic (exact) mass is 203 g/mol. The van der Waals surface area contributed by atoms with E-state index in [1.807, 2.05) is 11.8 Å². The number of thioether (sulfide) groups is 1. The number of amides is 1. The Kier molecular flexibility index (Phi) is 5.19. The zero-order valence-electron chi connectivity index (χ0n) is 7.79. The Labute approximate surface area is 83.2 Å². The van der Waals surface area contributed by atoms with E-state index in [-0.39, 0.29) is 5.91 Å². The summed E-state index contributed by atoms with van der Waals surface area (Å²) in [6, 6.07) is 0. The molecular formula is C8H17N3OS. The molecule has 1 fully saturated rings. The Morgan fingerprint density at radius 1 is 1.46 bits per heavy atom. The van der Waals surface area contributed by atoms with E-state index in [0.717, 1.165) is 19.6 Å². The number of hydrazine groups is 1. The van der Waals surface area contributed by atoms with Crippen molar-refractivity contribution in [2.45, 2.75) is 12.8 Å². The van der Waals surface area contributed by atoms with Gasteiger partial charge < -0.3 is 4.90 Å². The Bertz CT molecular complexity index is 157. The molecule has 1 saturated heterocycles. The van der Waals surface area contributed by atoms with E-state index in [0.29, 0.717) is 6.42 Å². The van der Waals surface area contributed by atoms with Crippen LogP contribution in [0, 0.1) is 0 Å². The number of nitrogens with two attached hydrogens (primary N) is 1. The van der Waals surface area contributed by atoms with Crippen LogP contribution in [0.25, 0.3) is 0 Å². The summed E-state index contributed by atoms with van der Waals surface area (Å²) in [5, 5.41) is 0. The molecular weight excluding hydrogens is 186 g/mol. The zero-order chi connectivity index (χ0) is 9.52. The van der Waals surface area contributed by atoms with Crippen molar-refractivity contribution in [2.75, 3.05) is 31.1 Å². The molecule has 0 atom stereocenters. The van der Waals surface area contributed by atoms with Crippen molar-refractivity contribution >= 4 is 17.7 Å². The van der Waals surface area contributed by atoms with E-state index in [1.54, 1.807) is 0 Å². The van der Waals surface area contributed by atoms with Crippen molar-refractivity contribution in [3.05, 3.63) is 0 Å². The SMILES string of the molecule is NNC(=O)CCN1CCCSCC1. The van der Waals surface area contributed by atoms with Crippen LogP contribution in [0.3, 0.4) is 0 Å². The van der Waals surface area contributed by atoms with Crippen LogP contribution in [0.5, 0.6) is 0 Å². The fourth-order valence-corrected chi connectivity index (χ4v) is 2.28. The summed E-state index contributed by atoms with van der Waals surface area (Å²) in [4.78, 5) is 13.2. The molecule has 0 bridgehead atoms. The van der Waals surface area contributed by atoms with Gasteiger partial charge in [0, 0.05) is 25.3 Å². The van der Waals surface area contributed by atoms with Crippen molar-refractivity contribution in [3.63, 3.8) is 0 Å². The van der Waals surface area contributed by atoms with E-state index in [1.165, 1.54) is 17.9 Å². The first-order valence-corrected chi connectivity index (χ1v) is 5.78. The molecule has 1 amide bonds. The maximum Gasteiger partial charge on any atom is 0.235 e. The maximum absolute atomic E-state index is 10.9. The molecule has 0 spiro atoms. The Balaban J connectivity index is 2.15. The Morgan fingerprint density at radius 2 is 2.31 bits per heavy atom. The standard InChI is InChI=1S/C8H17N3OS/c9-10-8(12)2-4-11-3-1-6-13-7-5-11/h1-7,9H2,(H,10,12). The number of nitrogens with zero attached hydrogens (tertiary/aromatic N) is 1. The van der Waals surface area contributed by atoms with Crippen molar-refractivity contribution in [2.24, 2.45) is 5.84 Å². The number of rotatable bonds is 3. The summed E-state index contributed by atoms with van der Waals surface area (Å²) < 4.78 is 0. The lowest BCUT2D eigenvalue weighted by Crippen LogP contribution is -2.35. The molecule has 3 N–H and O–H groups in total. The Morgan fingerprint density at radius 3 is 3.08 bits per heavy atom. The van der Waals surface area contributed by atoms with Crippen LogP contribution in [0.15, 0.2) is 0 Å². The van der Waals surface area contributed by atoms with Crippen LogP contribution in [0.4, 0.5) is 0 Å². The van der Waals surface area contributed by atoms with Gasteiger partial charge in [-0.3, -0.25) is 10.2 Å². The number of hydrogen-bond acceptors (Lipinski definition) is 4. The molecule has 0 aromatic carbocycles. The average Bonchev–Trinajstić information content (AvgIpc) is 2.42.